The maximum atomic E-state index is 13.5. The number of aromatic nitrogens is 2. The summed E-state index contributed by atoms with van der Waals surface area (Å²) in [4.78, 5) is 3.50. The molecule has 3 aromatic rings. The monoisotopic (exact) mass is 474 g/mol. The van der Waals surface area contributed by atoms with Gasteiger partial charge in [-0.3, -0.25) is 4.57 Å². The molecule has 2 aromatic carbocycles. The molecule has 0 unspecified atom stereocenters. The molecule has 1 spiro atoms. The number of imidazole rings is 1. The number of alkyl halides is 3. The largest absolute Gasteiger partial charge is 0.496 e. The number of benzene rings is 2. The van der Waals surface area contributed by atoms with Crippen molar-refractivity contribution in [3.05, 3.63) is 77.6 Å². The number of hydrogen-bond donors (Lipinski definition) is 0. The molecule has 2 aliphatic rings. The van der Waals surface area contributed by atoms with Crippen LogP contribution in [-0.2, 0) is 10.9 Å². The zero-order chi connectivity index (χ0) is 24.1. The standard InChI is InChI=1S/C26H26F4N2O2/c1-16-9-10-25(23(16)17-3-5-19(27)6-4-17)14-18(15-34-25)21-13-20(7-8-22(21)33-2)32-12-11-31-24(32)26(28,29)30/h3-8,11-13,16,18,23H,9-10,14-15H2,1-2H3/t16-,18+,23-,25+/m0/s1. The molecule has 8 heteroatoms. The maximum Gasteiger partial charge on any atom is 0.450 e. The lowest BCUT2D eigenvalue weighted by Gasteiger charge is -2.33. The Kier molecular flexibility index (Phi) is 5.67. The van der Waals surface area contributed by atoms with E-state index in [-0.39, 0.29) is 17.7 Å². The van der Waals surface area contributed by atoms with Gasteiger partial charge in [0.15, 0.2) is 0 Å². The highest BCUT2D eigenvalue weighted by Gasteiger charge is 2.53. The van der Waals surface area contributed by atoms with Gasteiger partial charge in [0, 0.05) is 35.5 Å². The van der Waals surface area contributed by atoms with Crippen molar-refractivity contribution >= 4 is 0 Å². The van der Waals surface area contributed by atoms with Crippen molar-refractivity contribution in [2.45, 2.75) is 49.8 Å². The molecule has 2 heterocycles. The average molecular weight is 474 g/mol. The summed E-state index contributed by atoms with van der Waals surface area (Å²) in [5.41, 5.74) is 1.85. The summed E-state index contributed by atoms with van der Waals surface area (Å²) in [7, 11) is 1.56. The lowest BCUT2D eigenvalue weighted by Crippen LogP contribution is -2.32. The van der Waals surface area contributed by atoms with E-state index in [9.17, 15) is 17.6 Å². The number of halogens is 4. The molecule has 1 saturated carbocycles. The normalized spacial score (nSPS) is 26.9. The predicted octanol–water partition coefficient (Wildman–Crippen LogP) is 6.50. The number of ether oxygens (including phenoxy) is 2. The first kappa shape index (κ1) is 22.9. The highest BCUT2D eigenvalue weighted by atomic mass is 19.4. The van der Waals surface area contributed by atoms with Crippen molar-refractivity contribution in [3.63, 3.8) is 0 Å². The minimum Gasteiger partial charge on any atom is -0.496 e. The number of methoxy groups -OCH3 is 1. The third kappa shape index (κ3) is 3.87. The van der Waals surface area contributed by atoms with Gasteiger partial charge in [0.25, 0.3) is 0 Å². The molecule has 4 atom stereocenters. The third-order valence-corrected chi connectivity index (χ3v) is 7.38. The van der Waals surface area contributed by atoms with Gasteiger partial charge in [0.2, 0.25) is 5.82 Å². The van der Waals surface area contributed by atoms with Crippen LogP contribution >= 0.6 is 0 Å². The lowest BCUT2D eigenvalue weighted by molar-refractivity contribution is -0.145. The summed E-state index contributed by atoms with van der Waals surface area (Å²) in [6, 6.07) is 11.7. The van der Waals surface area contributed by atoms with Crippen LogP contribution in [0, 0.1) is 11.7 Å². The molecule has 0 bridgehead atoms. The van der Waals surface area contributed by atoms with E-state index in [2.05, 4.69) is 11.9 Å². The van der Waals surface area contributed by atoms with Crippen LogP contribution < -0.4 is 4.74 Å². The first-order valence-corrected chi connectivity index (χ1v) is 11.4. The quantitative estimate of drug-likeness (QED) is 0.405. The molecule has 4 nitrogen and oxygen atoms in total. The van der Waals surface area contributed by atoms with Crippen molar-refractivity contribution in [2.75, 3.05) is 13.7 Å². The SMILES string of the molecule is COc1ccc(-n2ccnc2C(F)(F)F)cc1[C@H]1CO[C@]2(CC[C@H](C)[C@H]2c2ccc(F)cc2)C1. The van der Waals surface area contributed by atoms with Gasteiger partial charge in [-0.2, -0.15) is 13.2 Å². The van der Waals surface area contributed by atoms with Gasteiger partial charge in [0.1, 0.15) is 11.6 Å². The van der Waals surface area contributed by atoms with Crippen LogP contribution in [0.3, 0.4) is 0 Å². The zero-order valence-corrected chi connectivity index (χ0v) is 19.0. The molecule has 1 aliphatic carbocycles. The van der Waals surface area contributed by atoms with Gasteiger partial charge in [-0.25, -0.2) is 9.37 Å². The minimum absolute atomic E-state index is 0.0407. The van der Waals surface area contributed by atoms with Crippen molar-refractivity contribution < 1.29 is 27.0 Å². The Labute approximate surface area is 195 Å². The fourth-order valence-corrected chi connectivity index (χ4v) is 5.92. The molecule has 1 aromatic heterocycles. The van der Waals surface area contributed by atoms with E-state index in [0.29, 0.717) is 24.0 Å². The molecule has 180 valence electrons. The van der Waals surface area contributed by atoms with E-state index in [4.69, 9.17) is 9.47 Å². The summed E-state index contributed by atoms with van der Waals surface area (Å²) in [6.07, 6.45) is 0.490. The molecule has 34 heavy (non-hydrogen) atoms. The molecule has 2 fully saturated rings. The van der Waals surface area contributed by atoms with E-state index in [0.717, 1.165) is 41.2 Å². The Balaban J connectivity index is 1.49. The van der Waals surface area contributed by atoms with Gasteiger partial charge >= 0.3 is 6.18 Å². The average Bonchev–Trinajstić information content (AvgIpc) is 3.54. The van der Waals surface area contributed by atoms with Gasteiger partial charge < -0.3 is 9.47 Å². The Hall–Kier alpha value is -2.87. The highest BCUT2D eigenvalue weighted by molar-refractivity contribution is 5.48. The first-order chi connectivity index (χ1) is 16.2. The van der Waals surface area contributed by atoms with Crippen LogP contribution in [0.5, 0.6) is 5.75 Å². The number of hydrogen-bond acceptors (Lipinski definition) is 3. The van der Waals surface area contributed by atoms with Gasteiger partial charge in [-0.1, -0.05) is 19.1 Å². The Morgan fingerprint density at radius 1 is 1.15 bits per heavy atom. The van der Waals surface area contributed by atoms with E-state index in [1.54, 1.807) is 25.3 Å². The number of nitrogens with zero attached hydrogens (tertiary/aromatic N) is 2. The molecule has 0 radical (unpaired) electrons. The van der Waals surface area contributed by atoms with E-state index in [1.165, 1.54) is 18.3 Å². The topological polar surface area (TPSA) is 36.3 Å². The van der Waals surface area contributed by atoms with Crippen molar-refractivity contribution in [2.24, 2.45) is 5.92 Å². The van der Waals surface area contributed by atoms with Gasteiger partial charge in [-0.05, 0) is 61.1 Å². The van der Waals surface area contributed by atoms with Gasteiger partial charge in [0.05, 0.1) is 19.3 Å². The summed E-state index contributed by atoms with van der Waals surface area (Å²) < 4.78 is 67.0. The fourth-order valence-electron chi connectivity index (χ4n) is 5.92. The van der Waals surface area contributed by atoms with Crippen LogP contribution in [-0.4, -0.2) is 28.9 Å². The van der Waals surface area contributed by atoms with E-state index >= 15 is 0 Å². The molecular formula is C26H26F4N2O2. The minimum atomic E-state index is -4.56. The second kappa shape index (κ2) is 8.41. The van der Waals surface area contributed by atoms with Crippen LogP contribution in [0.1, 0.15) is 55.0 Å². The molecule has 1 saturated heterocycles. The molecule has 0 amide bonds. The Morgan fingerprint density at radius 3 is 2.62 bits per heavy atom. The van der Waals surface area contributed by atoms with Crippen molar-refractivity contribution in [1.29, 1.82) is 0 Å². The first-order valence-electron chi connectivity index (χ1n) is 11.4. The maximum absolute atomic E-state index is 13.5. The third-order valence-electron chi connectivity index (χ3n) is 7.38. The zero-order valence-electron chi connectivity index (χ0n) is 19.0. The summed E-state index contributed by atoms with van der Waals surface area (Å²) in [6.45, 7) is 2.64. The lowest BCUT2D eigenvalue weighted by atomic mass is 9.76. The summed E-state index contributed by atoms with van der Waals surface area (Å²) in [5, 5.41) is 0. The molecule has 1 aliphatic heterocycles. The molecule has 0 N–H and O–H groups in total. The Morgan fingerprint density at radius 2 is 1.91 bits per heavy atom. The second-order valence-electron chi connectivity index (χ2n) is 9.37. The Bertz CT molecular complexity index is 1170. The van der Waals surface area contributed by atoms with Crippen LogP contribution in [0.2, 0.25) is 0 Å². The van der Waals surface area contributed by atoms with Gasteiger partial charge in [-0.15, -0.1) is 0 Å². The smallest absolute Gasteiger partial charge is 0.450 e. The van der Waals surface area contributed by atoms with Crippen molar-refractivity contribution in [1.82, 2.24) is 9.55 Å². The summed E-state index contributed by atoms with van der Waals surface area (Å²) in [5.74, 6) is -0.166. The molecule has 5 rings (SSSR count). The number of rotatable bonds is 4. The van der Waals surface area contributed by atoms with Crippen LogP contribution in [0.4, 0.5) is 17.6 Å². The van der Waals surface area contributed by atoms with Crippen LogP contribution in [0.25, 0.3) is 5.69 Å². The predicted molar refractivity (Wildman–Crippen MR) is 119 cm³/mol. The second-order valence-corrected chi connectivity index (χ2v) is 9.37. The van der Waals surface area contributed by atoms with E-state index in [1.807, 2.05) is 12.1 Å². The molecular weight excluding hydrogens is 448 g/mol. The van der Waals surface area contributed by atoms with Crippen molar-refractivity contribution in [3.8, 4) is 11.4 Å². The van der Waals surface area contributed by atoms with E-state index < -0.39 is 17.6 Å². The van der Waals surface area contributed by atoms with Crippen LogP contribution in [0.15, 0.2) is 54.9 Å². The summed E-state index contributed by atoms with van der Waals surface area (Å²) >= 11 is 0. The highest BCUT2D eigenvalue weighted by Crippen LogP contribution is 2.57. The fraction of sp³-hybridized carbons (Fsp3) is 0.423.